The number of anilines is 1. The van der Waals surface area contributed by atoms with Gasteiger partial charge in [0, 0.05) is 46.0 Å². The highest BCUT2D eigenvalue weighted by atomic mass is 16.5. The molecule has 0 saturated carbocycles. The summed E-state index contributed by atoms with van der Waals surface area (Å²) >= 11 is 0. The number of aromatic nitrogens is 2. The quantitative estimate of drug-likeness (QED) is 0.137. The van der Waals surface area contributed by atoms with Crippen LogP contribution in [0.5, 0.6) is 11.5 Å². The van der Waals surface area contributed by atoms with E-state index in [0.29, 0.717) is 0 Å². The predicted molar refractivity (Wildman–Crippen MR) is 248 cm³/mol. The molecule has 4 nitrogen and oxygen atoms in total. The molecule has 2 aromatic heterocycles. The van der Waals surface area contributed by atoms with Crippen molar-refractivity contribution in [3.63, 3.8) is 0 Å². The van der Waals surface area contributed by atoms with Gasteiger partial charge in [-0.25, -0.2) is 0 Å². The first-order chi connectivity index (χ1) is 28.2. The van der Waals surface area contributed by atoms with Crippen molar-refractivity contribution in [2.24, 2.45) is 5.41 Å². The van der Waals surface area contributed by atoms with Crippen LogP contribution in [0.3, 0.4) is 0 Å². The average molecular weight is 756 g/mol. The molecule has 0 amide bonds. The molecule has 286 valence electrons. The molecular weight excluding hydrogens is 707 g/mol. The topological polar surface area (TPSA) is 22.3 Å². The van der Waals surface area contributed by atoms with Crippen molar-refractivity contribution in [1.82, 2.24) is 9.13 Å². The summed E-state index contributed by atoms with van der Waals surface area (Å²) in [4.78, 5) is 2.37. The number of fused-ring (bicyclic) bond motifs is 6. The lowest BCUT2D eigenvalue weighted by molar-refractivity contribution is 0.495. The van der Waals surface area contributed by atoms with Crippen molar-refractivity contribution in [3.8, 4) is 17.2 Å². The third-order valence-corrected chi connectivity index (χ3v) is 11.9. The third-order valence-electron chi connectivity index (χ3n) is 11.9. The van der Waals surface area contributed by atoms with Gasteiger partial charge in [0.25, 0.3) is 0 Å². The Labute approximate surface area is 341 Å². The summed E-state index contributed by atoms with van der Waals surface area (Å²) in [5, 5.41) is 4.41. The van der Waals surface area contributed by atoms with E-state index < -0.39 is 0 Å². The molecule has 2 heterocycles. The minimum absolute atomic E-state index is 0.259. The second-order valence-electron chi connectivity index (χ2n) is 15.9. The van der Waals surface area contributed by atoms with Gasteiger partial charge in [0.15, 0.2) is 0 Å². The molecule has 6 aromatic carbocycles. The van der Waals surface area contributed by atoms with E-state index in [1.54, 1.807) is 0 Å². The van der Waals surface area contributed by atoms with Gasteiger partial charge < -0.3 is 18.8 Å². The molecule has 0 fully saturated rings. The molecule has 4 heteroatoms. The zero-order valence-corrected chi connectivity index (χ0v) is 34.3. The molecule has 1 atom stereocenters. The fourth-order valence-electron chi connectivity index (χ4n) is 9.47. The molecule has 0 spiro atoms. The lowest BCUT2D eigenvalue weighted by Gasteiger charge is -2.37. The molecule has 0 aliphatic heterocycles. The van der Waals surface area contributed by atoms with Gasteiger partial charge in [-0.15, -0.1) is 0 Å². The zero-order valence-electron chi connectivity index (χ0n) is 34.3. The van der Waals surface area contributed by atoms with Crippen LogP contribution in [0.2, 0.25) is 0 Å². The van der Waals surface area contributed by atoms with Crippen LogP contribution in [0, 0.1) is 26.2 Å². The summed E-state index contributed by atoms with van der Waals surface area (Å²) in [6, 6.07) is 45.1. The number of benzene rings is 6. The summed E-state index contributed by atoms with van der Waals surface area (Å²) in [7, 11) is 2.20. The molecule has 1 aliphatic rings. The Hall–Kier alpha value is -6.78. The number of hydrogen-bond acceptors (Lipinski definition) is 2. The molecule has 0 N–H and O–H groups in total. The second kappa shape index (κ2) is 14.6. The molecule has 1 aliphatic carbocycles. The van der Waals surface area contributed by atoms with E-state index in [0.717, 1.165) is 78.6 Å². The number of nitrogens with zero attached hydrogens (tertiary/aromatic N) is 3. The summed E-state index contributed by atoms with van der Waals surface area (Å²) in [6.07, 6.45) is 14.4. The molecule has 8 aromatic rings. The van der Waals surface area contributed by atoms with Crippen LogP contribution in [0.4, 0.5) is 5.69 Å². The SMILES string of the molecule is C=C(/C=C(\C(=C/C)N(C)c1c(C)cc(C)cc1C)C1(C)C=CC=CC1)n1c2ccccc2c2c(Oc3cccc4c3c3ccccc3n4-c3ccccc3)cccc21. The van der Waals surface area contributed by atoms with Crippen molar-refractivity contribution in [2.75, 3.05) is 11.9 Å². The van der Waals surface area contributed by atoms with Gasteiger partial charge >= 0.3 is 0 Å². The molecule has 0 saturated heterocycles. The number of allylic oxidation sites excluding steroid dienone is 8. The third kappa shape index (κ3) is 6.08. The van der Waals surface area contributed by atoms with Crippen molar-refractivity contribution < 1.29 is 4.74 Å². The first kappa shape index (κ1) is 36.8. The zero-order chi connectivity index (χ0) is 40.1. The maximum Gasteiger partial charge on any atom is 0.137 e. The summed E-state index contributed by atoms with van der Waals surface area (Å²) in [5.41, 5.74) is 13.5. The molecule has 0 radical (unpaired) electrons. The van der Waals surface area contributed by atoms with Gasteiger partial charge in [0.2, 0.25) is 0 Å². The van der Waals surface area contributed by atoms with E-state index in [1.165, 1.54) is 28.0 Å². The van der Waals surface area contributed by atoms with Gasteiger partial charge in [-0.3, -0.25) is 0 Å². The van der Waals surface area contributed by atoms with E-state index in [4.69, 9.17) is 11.3 Å². The fraction of sp³-hybridized carbons (Fsp3) is 0.148. The Kier molecular flexibility index (Phi) is 9.29. The molecule has 1 unspecified atom stereocenters. The van der Waals surface area contributed by atoms with E-state index >= 15 is 0 Å². The van der Waals surface area contributed by atoms with Gasteiger partial charge in [-0.2, -0.15) is 0 Å². The van der Waals surface area contributed by atoms with Crippen LogP contribution in [-0.4, -0.2) is 16.2 Å². The van der Waals surface area contributed by atoms with Crippen molar-refractivity contribution in [3.05, 3.63) is 198 Å². The molecule has 58 heavy (non-hydrogen) atoms. The van der Waals surface area contributed by atoms with Crippen molar-refractivity contribution in [2.45, 2.75) is 41.0 Å². The Morgan fingerprint density at radius 3 is 1.95 bits per heavy atom. The second-order valence-corrected chi connectivity index (χ2v) is 15.9. The Morgan fingerprint density at radius 1 is 0.707 bits per heavy atom. The maximum atomic E-state index is 7.12. The van der Waals surface area contributed by atoms with Crippen molar-refractivity contribution >= 4 is 55.0 Å². The van der Waals surface area contributed by atoms with Gasteiger partial charge in [0.1, 0.15) is 11.5 Å². The van der Waals surface area contributed by atoms with Crippen LogP contribution in [0.25, 0.3) is 55.0 Å². The van der Waals surface area contributed by atoms with Crippen molar-refractivity contribution in [1.29, 1.82) is 0 Å². The van der Waals surface area contributed by atoms with E-state index in [2.05, 4.69) is 220 Å². The lowest BCUT2D eigenvalue weighted by atomic mass is 9.74. The highest BCUT2D eigenvalue weighted by Crippen LogP contribution is 2.46. The standard InChI is InChI=1S/C54H49N3O/c1-8-44(55(7)53-37(3)33-36(2)34-38(53)4)43(54(6)31-17-10-18-32-54)35-39(5)56-45-25-15-13-23-41(45)51-47(56)27-19-29-49(51)58-50-30-20-28-48-52(50)42-24-14-16-26-46(42)57(48)40-21-11-9-12-22-40/h8-31,33-35H,5,32H2,1-4,6-7H3/b43-35+,44-8+. The first-order valence-corrected chi connectivity index (χ1v) is 20.2. The fourth-order valence-corrected chi connectivity index (χ4v) is 9.47. The Morgan fingerprint density at radius 2 is 1.29 bits per heavy atom. The van der Waals surface area contributed by atoms with Crippen LogP contribution >= 0.6 is 0 Å². The van der Waals surface area contributed by atoms with E-state index in [1.807, 2.05) is 0 Å². The van der Waals surface area contributed by atoms with Crippen LogP contribution in [-0.2, 0) is 0 Å². The molecule has 9 rings (SSSR count). The number of aryl methyl sites for hydroxylation is 3. The summed E-state index contributed by atoms with van der Waals surface area (Å²) in [5.74, 6) is 1.63. The Bertz CT molecular complexity index is 3020. The normalized spacial score (nSPS) is 15.9. The molecule has 0 bridgehead atoms. The number of rotatable bonds is 9. The highest BCUT2D eigenvalue weighted by Gasteiger charge is 2.31. The maximum absolute atomic E-state index is 7.12. The number of para-hydroxylation sites is 3. The molecular formula is C54H49N3O. The first-order valence-electron chi connectivity index (χ1n) is 20.2. The van der Waals surface area contributed by atoms with Gasteiger partial charge in [0.05, 0.1) is 32.8 Å². The minimum atomic E-state index is -0.259. The monoisotopic (exact) mass is 755 g/mol. The van der Waals surface area contributed by atoms with E-state index in [9.17, 15) is 0 Å². The summed E-state index contributed by atoms with van der Waals surface area (Å²) < 4.78 is 11.8. The van der Waals surface area contributed by atoms with Gasteiger partial charge in [-0.05, 0) is 105 Å². The van der Waals surface area contributed by atoms with Crippen LogP contribution in [0.15, 0.2) is 182 Å². The van der Waals surface area contributed by atoms with Crippen LogP contribution < -0.4 is 9.64 Å². The van der Waals surface area contributed by atoms with E-state index in [-0.39, 0.29) is 5.41 Å². The smallest absolute Gasteiger partial charge is 0.137 e. The van der Waals surface area contributed by atoms with Crippen LogP contribution in [0.1, 0.15) is 37.0 Å². The number of hydrogen-bond donors (Lipinski definition) is 0. The van der Waals surface area contributed by atoms with Gasteiger partial charge in [-0.1, -0.05) is 128 Å². The summed E-state index contributed by atoms with van der Waals surface area (Å²) in [6.45, 7) is 15.9. The highest BCUT2D eigenvalue weighted by molar-refractivity contribution is 6.15. The number of likely N-dealkylation sites (N-methyl/N-ethyl adjacent to an activating group) is 1. The minimum Gasteiger partial charge on any atom is -0.456 e. The predicted octanol–water partition coefficient (Wildman–Crippen LogP) is 14.6. The average Bonchev–Trinajstić information content (AvgIpc) is 3.75. The Balaban J connectivity index is 1.21. The largest absolute Gasteiger partial charge is 0.456 e. The number of ether oxygens (including phenoxy) is 1. The lowest BCUT2D eigenvalue weighted by Crippen LogP contribution is -2.28.